The molecule has 0 radical (unpaired) electrons. The third-order valence-electron chi connectivity index (χ3n) is 4.48. The van der Waals surface area contributed by atoms with Gasteiger partial charge < -0.3 is 9.84 Å². The van der Waals surface area contributed by atoms with Gasteiger partial charge in [0.2, 0.25) is 0 Å². The minimum atomic E-state index is -3.99. The lowest BCUT2D eigenvalue weighted by atomic mass is 10.1. The summed E-state index contributed by atoms with van der Waals surface area (Å²) in [5.41, 5.74) is 1.96. The molecule has 0 heterocycles. The first kappa shape index (κ1) is 21.7. The van der Waals surface area contributed by atoms with Crippen molar-refractivity contribution in [1.82, 2.24) is 0 Å². The number of nitrogens with one attached hydrogen (secondary N) is 1. The van der Waals surface area contributed by atoms with Gasteiger partial charge in [-0.1, -0.05) is 42.8 Å². The topological polar surface area (TPSA) is 92.7 Å². The van der Waals surface area contributed by atoms with E-state index in [0.717, 1.165) is 12.0 Å². The molecule has 0 aliphatic carbocycles. The molecular weight excluding hydrogens is 426 g/mol. The van der Waals surface area contributed by atoms with Gasteiger partial charge in [-0.3, -0.25) is 4.72 Å². The summed E-state index contributed by atoms with van der Waals surface area (Å²) in [6.45, 7) is 2.45. The fourth-order valence-corrected chi connectivity index (χ4v) is 4.16. The van der Waals surface area contributed by atoms with Crippen LogP contribution in [0.2, 0.25) is 5.02 Å². The highest BCUT2D eigenvalue weighted by Gasteiger charge is 2.19. The zero-order chi connectivity index (χ0) is 21.7. The van der Waals surface area contributed by atoms with Crippen molar-refractivity contribution in [2.24, 2.45) is 0 Å². The maximum Gasteiger partial charge on any atom is 0.337 e. The summed E-state index contributed by atoms with van der Waals surface area (Å²) in [6, 6.07) is 17.8. The Balaban J connectivity index is 1.75. The molecule has 0 atom stereocenters. The summed E-state index contributed by atoms with van der Waals surface area (Å²) in [7, 11) is -3.99. The number of carboxylic acids is 1. The number of aromatic carboxylic acids is 1. The molecule has 0 saturated heterocycles. The zero-order valence-corrected chi connectivity index (χ0v) is 17.7. The molecule has 3 aromatic rings. The lowest BCUT2D eigenvalue weighted by molar-refractivity contribution is 0.0698. The van der Waals surface area contributed by atoms with Crippen molar-refractivity contribution in [3.8, 4) is 5.75 Å². The van der Waals surface area contributed by atoms with Gasteiger partial charge >= 0.3 is 5.97 Å². The predicted octanol–water partition coefficient (Wildman–Crippen LogP) is 4.98. The van der Waals surface area contributed by atoms with E-state index in [1.54, 1.807) is 12.1 Å². The smallest absolute Gasteiger partial charge is 0.337 e. The minimum Gasteiger partial charge on any atom is -0.489 e. The van der Waals surface area contributed by atoms with Gasteiger partial charge in [0.1, 0.15) is 12.4 Å². The van der Waals surface area contributed by atoms with Gasteiger partial charge in [0.15, 0.2) is 0 Å². The molecule has 0 amide bonds. The summed E-state index contributed by atoms with van der Waals surface area (Å²) in [5, 5.41) is 9.47. The van der Waals surface area contributed by atoms with E-state index in [4.69, 9.17) is 16.3 Å². The summed E-state index contributed by atoms with van der Waals surface area (Å²) in [5.74, 6) is -0.760. The number of rotatable bonds is 8. The molecule has 0 unspecified atom stereocenters. The first-order chi connectivity index (χ1) is 14.3. The largest absolute Gasteiger partial charge is 0.489 e. The fourth-order valence-electron chi connectivity index (χ4n) is 2.91. The van der Waals surface area contributed by atoms with Gasteiger partial charge in [0, 0.05) is 5.02 Å². The summed E-state index contributed by atoms with van der Waals surface area (Å²) >= 11 is 5.81. The molecule has 0 aliphatic heterocycles. The molecule has 6 nitrogen and oxygen atoms in total. The van der Waals surface area contributed by atoms with Crippen LogP contribution in [0.15, 0.2) is 71.6 Å². The average Bonchev–Trinajstić information content (AvgIpc) is 2.73. The lowest BCUT2D eigenvalue weighted by Crippen LogP contribution is -2.15. The van der Waals surface area contributed by atoms with E-state index in [1.807, 2.05) is 24.3 Å². The normalized spacial score (nSPS) is 11.1. The van der Waals surface area contributed by atoms with E-state index >= 15 is 0 Å². The van der Waals surface area contributed by atoms with Crippen LogP contribution >= 0.6 is 11.6 Å². The molecule has 0 fully saturated rings. The molecule has 156 valence electrons. The number of ether oxygens (including phenoxy) is 1. The molecule has 0 aliphatic rings. The summed E-state index contributed by atoms with van der Waals surface area (Å²) < 4.78 is 33.4. The van der Waals surface area contributed by atoms with Crippen LogP contribution in [0.3, 0.4) is 0 Å². The second-order valence-electron chi connectivity index (χ2n) is 6.48. The number of hydrogen-bond acceptors (Lipinski definition) is 4. The highest BCUT2D eigenvalue weighted by molar-refractivity contribution is 7.92. The van der Waals surface area contributed by atoms with E-state index in [9.17, 15) is 18.3 Å². The Morgan fingerprint density at radius 2 is 1.70 bits per heavy atom. The Morgan fingerprint density at radius 1 is 1.03 bits per heavy atom. The van der Waals surface area contributed by atoms with Crippen molar-refractivity contribution in [2.75, 3.05) is 4.72 Å². The Hall–Kier alpha value is -3.03. The molecule has 8 heteroatoms. The van der Waals surface area contributed by atoms with E-state index in [2.05, 4.69) is 11.6 Å². The third-order valence-corrected chi connectivity index (χ3v) is 6.10. The molecule has 0 spiro atoms. The second kappa shape index (κ2) is 9.19. The van der Waals surface area contributed by atoms with Crippen LogP contribution < -0.4 is 9.46 Å². The number of sulfonamides is 1. The molecule has 0 aromatic heterocycles. The Kier molecular flexibility index (Phi) is 6.64. The standard InChI is InChI=1S/C22H20ClNO5S/c1-2-15-5-3-4-6-16(15)14-29-18-8-10-19(11-9-18)30(27,28)24-21-12-7-17(23)13-20(21)22(25)26/h3-13,24H,2,14H2,1H3,(H,25,26). The van der Waals surface area contributed by atoms with Gasteiger partial charge in [-0.05, 0) is 60.0 Å². The number of anilines is 1. The lowest BCUT2D eigenvalue weighted by Gasteiger charge is -2.12. The number of hydrogen-bond donors (Lipinski definition) is 2. The summed E-state index contributed by atoms with van der Waals surface area (Å²) in [6.07, 6.45) is 0.894. The van der Waals surface area contributed by atoms with Gasteiger partial charge in [-0.2, -0.15) is 0 Å². The van der Waals surface area contributed by atoms with Crippen LogP contribution in [-0.4, -0.2) is 19.5 Å². The SMILES string of the molecule is CCc1ccccc1COc1ccc(S(=O)(=O)Nc2ccc(Cl)cc2C(=O)O)cc1. The molecule has 3 rings (SSSR count). The van der Waals surface area contributed by atoms with Crippen molar-refractivity contribution < 1.29 is 23.1 Å². The van der Waals surface area contributed by atoms with Gasteiger partial charge in [0.05, 0.1) is 16.1 Å². The Morgan fingerprint density at radius 3 is 2.33 bits per heavy atom. The number of aryl methyl sites for hydroxylation is 1. The first-order valence-electron chi connectivity index (χ1n) is 9.15. The average molecular weight is 446 g/mol. The van der Waals surface area contributed by atoms with Crippen LogP contribution in [0.4, 0.5) is 5.69 Å². The zero-order valence-electron chi connectivity index (χ0n) is 16.1. The van der Waals surface area contributed by atoms with Gasteiger partial charge in [-0.25, -0.2) is 13.2 Å². The van der Waals surface area contributed by atoms with Crippen molar-refractivity contribution in [3.63, 3.8) is 0 Å². The van der Waals surface area contributed by atoms with E-state index in [-0.39, 0.29) is 21.2 Å². The number of halogens is 1. The predicted molar refractivity (Wildman–Crippen MR) is 116 cm³/mol. The molecule has 0 saturated carbocycles. The van der Waals surface area contributed by atoms with Crippen molar-refractivity contribution in [2.45, 2.75) is 24.8 Å². The van der Waals surface area contributed by atoms with Crippen LogP contribution in [0.1, 0.15) is 28.4 Å². The first-order valence-corrected chi connectivity index (χ1v) is 11.0. The van der Waals surface area contributed by atoms with Crippen molar-refractivity contribution in [1.29, 1.82) is 0 Å². The van der Waals surface area contributed by atoms with Crippen LogP contribution in [-0.2, 0) is 23.1 Å². The quantitative estimate of drug-likeness (QED) is 0.510. The highest BCUT2D eigenvalue weighted by Crippen LogP contribution is 2.25. The minimum absolute atomic E-state index is 0.0184. The molecule has 2 N–H and O–H groups in total. The Labute approximate surface area is 180 Å². The van der Waals surface area contributed by atoms with Crippen LogP contribution in [0.5, 0.6) is 5.75 Å². The monoisotopic (exact) mass is 445 g/mol. The Bertz CT molecular complexity index is 1160. The molecule has 3 aromatic carbocycles. The molecule has 30 heavy (non-hydrogen) atoms. The maximum absolute atomic E-state index is 12.7. The van der Waals surface area contributed by atoms with E-state index in [1.165, 1.54) is 35.9 Å². The highest BCUT2D eigenvalue weighted by atomic mass is 35.5. The fraction of sp³-hybridized carbons (Fsp3) is 0.136. The third kappa shape index (κ3) is 5.11. The maximum atomic E-state index is 12.7. The molecule has 0 bridgehead atoms. The van der Waals surface area contributed by atoms with Crippen molar-refractivity contribution >= 4 is 33.3 Å². The van der Waals surface area contributed by atoms with E-state index in [0.29, 0.717) is 12.4 Å². The van der Waals surface area contributed by atoms with E-state index < -0.39 is 16.0 Å². The number of carbonyl (C=O) groups is 1. The van der Waals surface area contributed by atoms with Crippen molar-refractivity contribution in [3.05, 3.63) is 88.4 Å². The van der Waals surface area contributed by atoms with Crippen LogP contribution in [0, 0.1) is 0 Å². The number of carboxylic acid groups (broad SMARTS) is 1. The summed E-state index contributed by atoms with van der Waals surface area (Å²) in [4.78, 5) is 11.3. The second-order valence-corrected chi connectivity index (χ2v) is 8.60. The number of benzene rings is 3. The van der Waals surface area contributed by atoms with Gasteiger partial charge in [-0.15, -0.1) is 0 Å². The van der Waals surface area contributed by atoms with Gasteiger partial charge in [0.25, 0.3) is 10.0 Å². The van der Waals surface area contributed by atoms with Crippen LogP contribution in [0.25, 0.3) is 0 Å². The molecular formula is C22H20ClNO5S.